The predicted molar refractivity (Wildman–Crippen MR) is 71.8 cm³/mol. The maximum atomic E-state index is 8.98. The number of aliphatic hydroxyl groups is 1. The molecule has 4 heteroatoms. The second-order valence-corrected chi connectivity index (χ2v) is 5.64. The summed E-state index contributed by atoms with van der Waals surface area (Å²) in [6.45, 7) is 2.94. The molecule has 1 saturated carbocycles. The topological polar surface area (TPSA) is 42.4 Å². The van der Waals surface area contributed by atoms with Crippen molar-refractivity contribution in [2.75, 3.05) is 6.61 Å². The molecule has 2 atom stereocenters. The Morgan fingerprint density at radius 1 is 1.50 bits per heavy atom. The van der Waals surface area contributed by atoms with E-state index in [0.29, 0.717) is 29.0 Å². The lowest BCUT2D eigenvalue weighted by atomic mass is 9.83. The molecule has 3 nitrogen and oxygen atoms in total. The van der Waals surface area contributed by atoms with Gasteiger partial charge < -0.3 is 9.84 Å². The maximum absolute atomic E-state index is 8.98. The summed E-state index contributed by atoms with van der Waals surface area (Å²) in [5, 5.41) is 9.45. The number of aromatic nitrogens is 1. The number of hydrogen-bond acceptors (Lipinski definition) is 3. The monoisotopic (exact) mass is 269 g/mol. The van der Waals surface area contributed by atoms with Gasteiger partial charge in [0.1, 0.15) is 5.02 Å². The van der Waals surface area contributed by atoms with Crippen LogP contribution in [-0.2, 0) is 6.61 Å². The highest BCUT2D eigenvalue weighted by atomic mass is 35.5. The summed E-state index contributed by atoms with van der Waals surface area (Å²) in [6.07, 6.45) is 6.69. The lowest BCUT2D eigenvalue weighted by molar-refractivity contribution is 0.177. The van der Waals surface area contributed by atoms with Crippen molar-refractivity contribution in [3.8, 4) is 5.88 Å². The first-order chi connectivity index (χ1) is 8.69. The molecule has 0 spiro atoms. The maximum Gasteiger partial charge on any atom is 0.232 e. The summed E-state index contributed by atoms with van der Waals surface area (Å²) in [5.74, 6) is 1.89. The van der Waals surface area contributed by atoms with Crippen molar-refractivity contribution in [3.63, 3.8) is 0 Å². The second kappa shape index (κ2) is 6.39. The summed E-state index contributed by atoms with van der Waals surface area (Å²) in [6, 6.07) is 1.70. The van der Waals surface area contributed by atoms with Gasteiger partial charge >= 0.3 is 0 Å². The highest BCUT2D eigenvalue weighted by Crippen LogP contribution is 2.30. The molecule has 1 aromatic rings. The third-order valence-corrected chi connectivity index (χ3v) is 3.82. The van der Waals surface area contributed by atoms with Gasteiger partial charge in [0.15, 0.2) is 0 Å². The SMILES string of the molecule is CC1CCCC(COc2ncc(CO)cc2Cl)C1. The van der Waals surface area contributed by atoms with Gasteiger partial charge in [-0.2, -0.15) is 0 Å². The van der Waals surface area contributed by atoms with E-state index in [1.165, 1.54) is 25.7 Å². The highest BCUT2D eigenvalue weighted by molar-refractivity contribution is 6.31. The zero-order valence-electron chi connectivity index (χ0n) is 10.7. The average molecular weight is 270 g/mol. The number of pyridine rings is 1. The highest BCUT2D eigenvalue weighted by Gasteiger charge is 2.19. The molecule has 1 aromatic heterocycles. The van der Waals surface area contributed by atoms with E-state index >= 15 is 0 Å². The van der Waals surface area contributed by atoms with Crippen molar-refractivity contribution in [1.29, 1.82) is 0 Å². The molecule has 1 N–H and O–H groups in total. The molecule has 2 rings (SSSR count). The Morgan fingerprint density at radius 3 is 3.00 bits per heavy atom. The van der Waals surface area contributed by atoms with Gasteiger partial charge in [0, 0.05) is 6.20 Å². The molecule has 18 heavy (non-hydrogen) atoms. The van der Waals surface area contributed by atoms with Gasteiger partial charge in [-0.15, -0.1) is 0 Å². The standard InChI is InChI=1S/C14H20ClNO2/c1-10-3-2-4-11(5-10)9-18-14-13(15)6-12(8-17)7-16-14/h6-7,10-11,17H,2-5,8-9H2,1H3. The van der Waals surface area contributed by atoms with Crippen molar-refractivity contribution in [2.45, 2.75) is 39.2 Å². The largest absolute Gasteiger partial charge is 0.476 e. The Hall–Kier alpha value is -0.800. The van der Waals surface area contributed by atoms with Gasteiger partial charge in [0.2, 0.25) is 5.88 Å². The van der Waals surface area contributed by atoms with Crippen molar-refractivity contribution in [3.05, 3.63) is 22.8 Å². The third-order valence-electron chi connectivity index (χ3n) is 3.55. The number of hydrogen-bond donors (Lipinski definition) is 1. The van der Waals surface area contributed by atoms with E-state index in [-0.39, 0.29) is 6.61 Å². The fourth-order valence-electron chi connectivity index (χ4n) is 2.57. The summed E-state index contributed by atoms with van der Waals surface area (Å²) in [5.41, 5.74) is 0.707. The quantitative estimate of drug-likeness (QED) is 0.911. The Balaban J connectivity index is 1.89. The molecule has 0 saturated heterocycles. The predicted octanol–water partition coefficient (Wildman–Crippen LogP) is 3.43. The van der Waals surface area contributed by atoms with Crippen LogP contribution in [0.4, 0.5) is 0 Å². The molecule has 2 unspecified atom stereocenters. The van der Waals surface area contributed by atoms with Crippen LogP contribution in [0.25, 0.3) is 0 Å². The first-order valence-electron chi connectivity index (χ1n) is 6.57. The van der Waals surface area contributed by atoms with Gasteiger partial charge in [0.05, 0.1) is 13.2 Å². The molecule has 1 aliphatic rings. The molecule has 1 aliphatic carbocycles. The molecular weight excluding hydrogens is 250 g/mol. The third kappa shape index (κ3) is 3.59. The van der Waals surface area contributed by atoms with Gasteiger partial charge in [0.25, 0.3) is 0 Å². The molecule has 0 aliphatic heterocycles. The number of rotatable bonds is 4. The van der Waals surface area contributed by atoms with Crippen LogP contribution in [0.3, 0.4) is 0 Å². The van der Waals surface area contributed by atoms with E-state index in [1.807, 2.05) is 0 Å². The molecule has 1 heterocycles. The van der Waals surface area contributed by atoms with Crippen molar-refractivity contribution < 1.29 is 9.84 Å². The van der Waals surface area contributed by atoms with E-state index < -0.39 is 0 Å². The van der Waals surface area contributed by atoms with E-state index in [2.05, 4.69) is 11.9 Å². The molecule has 0 bridgehead atoms. The first kappa shape index (κ1) is 13.6. The molecule has 1 fully saturated rings. The molecule has 100 valence electrons. The van der Waals surface area contributed by atoms with Gasteiger partial charge in [-0.1, -0.05) is 31.4 Å². The van der Waals surface area contributed by atoms with E-state index in [0.717, 1.165) is 5.92 Å². The normalized spacial score (nSPS) is 23.9. The van der Waals surface area contributed by atoms with E-state index in [4.69, 9.17) is 21.4 Å². The van der Waals surface area contributed by atoms with Gasteiger partial charge in [-0.05, 0) is 36.3 Å². The van der Waals surface area contributed by atoms with Crippen LogP contribution in [0, 0.1) is 11.8 Å². The molecule has 0 radical (unpaired) electrons. The summed E-state index contributed by atoms with van der Waals surface area (Å²) < 4.78 is 5.70. The van der Waals surface area contributed by atoms with Crippen LogP contribution in [0.1, 0.15) is 38.2 Å². The van der Waals surface area contributed by atoms with Crippen molar-refractivity contribution >= 4 is 11.6 Å². The Bertz CT molecular complexity index is 397. The number of ether oxygens (including phenoxy) is 1. The fourth-order valence-corrected chi connectivity index (χ4v) is 2.81. The van der Waals surface area contributed by atoms with E-state index in [9.17, 15) is 0 Å². The zero-order valence-corrected chi connectivity index (χ0v) is 11.5. The second-order valence-electron chi connectivity index (χ2n) is 5.24. The van der Waals surface area contributed by atoms with Crippen LogP contribution in [0.15, 0.2) is 12.3 Å². The van der Waals surface area contributed by atoms with Crippen LogP contribution in [-0.4, -0.2) is 16.7 Å². The molecule has 0 aromatic carbocycles. The summed E-state index contributed by atoms with van der Waals surface area (Å²) in [4.78, 5) is 4.14. The zero-order chi connectivity index (χ0) is 13.0. The smallest absolute Gasteiger partial charge is 0.232 e. The molecular formula is C14H20ClNO2. The van der Waals surface area contributed by atoms with Crippen LogP contribution >= 0.6 is 11.6 Å². The van der Waals surface area contributed by atoms with Gasteiger partial charge in [-0.3, -0.25) is 0 Å². The number of halogens is 1. The lowest BCUT2D eigenvalue weighted by Crippen LogP contribution is -2.20. The Kier molecular flexibility index (Phi) is 4.84. The van der Waals surface area contributed by atoms with Crippen LogP contribution < -0.4 is 4.74 Å². The number of nitrogens with zero attached hydrogens (tertiary/aromatic N) is 1. The lowest BCUT2D eigenvalue weighted by Gasteiger charge is -2.26. The van der Waals surface area contributed by atoms with Crippen molar-refractivity contribution in [1.82, 2.24) is 4.98 Å². The summed E-state index contributed by atoms with van der Waals surface area (Å²) >= 11 is 6.06. The minimum atomic E-state index is -0.0485. The molecule has 0 amide bonds. The van der Waals surface area contributed by atoms with Crippen LogP contribution in [0.2, 0.25) is 5.02 Å². The van der Waals surface area contributed by atoms with Crippen molar-refractivity contribution in [2.24, 2.45) is 11.8 Å². The summed E-state index contributed by atoms with van der Waals surface area (Å²) in [7, 11) is 0. The Labute approximate surface area is 113 Å². The minimum absolute atomic E-state index is 0.0485. The minimum Gasteiger partial charge on any atom is -0.476 e. The van der Waals surface area contributed by atoms with Gasteiger partial charge in [-0.25, -0.2) is 4.98 Å². The first-order valence-corrected chi connectivity index (χ1v) is 6.95. The van der Waals surface area contributed by atoms with E-state index in [1.54, 1.807) is 12.3 Å². The fraction of sp³-hybridized carbons (Fsp3) is 0.643. The van der Waals surface area contributed by atoms with Crippen LogP contribution in [0.5, 0.6) is 5.88 Å². The average Bonchev–Trinajstić information content (AvgIpc) is 2.37. The number of aliphatic hydroxyl groups excluding tert-OH is 1. The Morgan fingerprint density at radius 2 is 2.33 bits per heavy atom.